The van der Waals surface area contributed by atoms with Crippen molar-refractivity contribution in [2.24, 2.45) is 11.8 Å². The number of rotatable bonds is 6. The number of carbonyl (C=O) groups is 1. The number of carbonyl (C=O) groups excluding carboxylic acids is 1. The van der Waals surface area contributed by atoms with Crippen LogP contribution in [0.5, 0.6) is 0 Å². The molecule has 0 saturated carbocycles. The Hall–Kier alpha value is -1.78. The zero-order chi connectivity index (χ0) is 22.2. The summed E-state index contributed by atoms with van der Waals surface area (Å²) in [7, 11) is -3.84. The van der Waals surface area contributed by atoms with E-state index in [0.717, 1.165) is 12.8 Å². The molecule has 0 aromatic carbocycles. The molecule has 0 bridgehead atoms. The number of fused-ring (bicyclic) bond motifs is 1. The van der Waals surface area contributed by atoms with Crippen LogP contribution < -0.4 is 10.9 Å². The Kier molecular flexibility index (Phi) is 6.69. The molecule has 1 saturated heterocycles. The topological polar surface area (TPSA) is 101 Å². The molecular formula is C20H30N4O4S2. The smallest absolute Gasteiger partial charge is 0.263 e. The third-order valence-corrected chi connectivity index (χ3v) is 8.71. The first-order chi connectivity index (χ1) is 14.0. The number of hydrogen-bond acceptors (Lipinski definition) is 6. The van der Waals surface area contributed by atoms with Crippen LogP contribution in [0.4, 0.5) is 0 Å². The molecule has 0 aliphatic carbocycles. The molecule has 1 amide bonds. The number of nitrogens with one attached hydrogen (secondary N) is 1. The van der Waals surface area contributed by atoms with Gasteiger partial charge in [-0.05, 0) is 38.5 Å². The molecular weight excluding hydrogens is 424 g/mol. The van der Waals surface area contributed by atoms with Crippen molar-refractivity contribution in [3.8, 4) is 0 Å². The van der Waals surface area contributed by atoms with Gasteiger partial charge in [0.15, 0.2) is 0 Å². The molecule has 2 aromatic heterocycles. The molecule has 0 radical (unpaired) electrons. The standard InChI is InChI=1S/C20H30N4O4S2/c1-6-14(4)22-16(25)10-23-11-21-19-17(20(23)26)18(15(5)29-19)30(27,28)24-8-12(2)7-13(3)9-24/h11-14H,6-10H2,1-5H3,(H,22,25)/t12-,13-,14-/m0/s1. The molecule has 8 nitrogen and oxygen atoms in total. The van der Waals surface area contributed by atoms with Crippen molar-refractivity contribution in [1.29, 1.82) is 0 Å². The molecule has 1 N–H and O–H groups in total. The van der Waals surface area contributed by atoms with Crippen LogP contribution in [0.2, 0.25) is 0 Å². The van der Waals surface area contributed by atoms with E-state index in [4.69, 9.17) is 0 Å². The van der Waals surface area contributed by atoms with Gasteiger partial charge in [0.25, 0.3) is 5.56 Å². The van der Waals surface area contributed by atoms with Gasteiger partial charge in [0.2, 0.25) is 15.9 Å². The van der Waals surface area contributed by atoms with Gasteiger partial charge in [0.1, 0.15) is 16.3 Å². The highest BCUT2D eigenvalue weighted by atomic mass is 32.2. The van der Waals surface area contributed by atoms with Crippen LogP contribution in [0.25, 0.3) is 10.2 Å². The van der Waals surface area contributed by atoms with E-state index >= 15 is 0 Å². The van der Waals surface area contributed by atoms with Crippen LogP contribution in [0.15, 0.2) is 16.0 Å². The summed E-state index contributed by atoms with van der Waals surface area (Å²) < 4.78 is 29.7. The summed E-state index contributed by atoms with van der Waals surface area (Å²) in [5.41, 5.74) is -0.500. The van der Waals surface area contributed by atoms with Crippen molar-refractivity contribution in [3.05, 3.63) is 21.6 Å². The second-order valence-corrected chi connectivity index (χ2v) is 11.6. The van der Waals surface area contributed by atoms with E-state index in [-0.39, 0.29) is 40.6 Å². The fourth-order valence-electron chi connectivity index (χ4n) is 4.04. The summed E-state index contributed by atoms with van der Waals surface area (Å²) in [5, 5.41) is 2.90. The van der Waals surface area contributed by atoms with E-state index in [1.807, 2.05) is 27.7 Å². The maximum Gasteiger partial charge on any atom is 0.263 e. The van der Waals surface area contributed by atoms with E-state index in [1.54, 1.807) is 6.92 Å². The molecule has 166 valence electrons. The van der Waals surface area contributed by atoms with Crippen LogP contribution in [0.1, 0.15) is 45.4 Å². The van der Waals surface area contributed by atoms with Gasteiger partial charge in [-0.1, -0.05) is 20.8 Å². The van der Waals surface area contributed by atoms with E-state index in [0.29, 0.717) is 22.8 Å². The van der Waals surface area contributed by atoms with Crippen molar-refractivity contribution in [1.82, 2.24) is 19.2 Å². The van der Waals surface area contributed by atoms with Crippen molar-refractivity contribution in [2.45, 2.75) is 64.9 Å². The summed E-state index contributed by atoms with van der Waals surface area (Å²) in [6.45, 7) is 10.3. The van der Waals surface area contributed by atoms with Crippen molar-refractivity contribution >= 4 is 37.5 Å². The molecule has 1 aliphatic heterocycles. The van der Waals surface area contributed by atoms with Gasteiger partial charge in [0.05, 0.1) is 11.7 Å². The lowest BCUT2D eigenvalue weighted by Gasteiger charge is -2.34. The van der Waals surface area contributed by atoms with Crippen LogP contribution in [0, 0.1) is 18.8 Å². The molecule has 10 heteroatoms. The maximum absolute atomic E-state index is 13.5. The normalized spacial score (nSPS) is 21.6. The number of aromatic nitrogens is 2. The number of sulfonamides is 1. The third kappa shape index (κ3) is 4.45. The van der Waals surface area contributed by atoms with Gasteiger partial charge in [0, 0.05) is 24.0 Å². The maximum atomic E-state index is 13.5. The van der Waals surface area contributed by atoms with E-state index in [2.05, 4.69) is 10.3 Å². The third-order valence-electron chi connectivity index (χ3n) is 5.57. The minimum atomic E-state index is -3.84. The fourth-order valence-corrected chi connectivity index (χ4v) is 7.39. The van der Waals surface area contributed by atoms with E-state index < -0.39 is 15.6 Å². The molecule has 30 heavy (non-hydrogen) atoms. The highest BCUT2D eigenvalue weighted by Crippen LogP contribution is 2.35. The van der Waals surface area contributed by atoms with Crippen LogP contribution in [0.3, 0.4) is 0 Å². The molecule has 0 spiro atoms. The Morgan fingerprint density at radius 1 is 1.33 bits per heavy atom. The van der Waals surface area contributed by atoms with Crippen molar-refractivity contribution < 1.29 is 13.2 Å². The summed E-state index contributed by atoms with van der Waals surface area (Å²) >= 11 is 1.20. The number of thiophene rings is 1. The molecule has 0 unspecified atom stereocenters. The van der Waals surface area contributed by atoms with Crippen molar-refractivity contribution in [3.63, 3.8) is 0 Å². The van der Waals surface area contributed by atoms with Crippen molar-refractivity contribution in [2.75, 3.05) is 13.1 Å². The molecule has 1 fully saturated rings. The predicted octanol–water partition coefficient (Wildman–Crippen LogP) is 2.35. The summed E-state index contributed by atoms with van der Waals surface area (Å²) in [5.74, 6) is 0.211. The zero-order valence-corrected chi connectivity index (χ0v) is 19.8. The Labute approximate surface area is 181 Å². The Morgan fingerprint density at radius 3 is 2.57 bits per heavy atom. The predicted molar refractivity (Wildman–Crippen MR) is 118 cm³/mol. The average Bonchev–Trinajstić information content (AvgIpc) is 3.00. The van der Waals surface area contributed by atoms with Gasteiger partial charge in [-0.15, -0.1) is 11.3 Å². The lowest BCUT2D eigenvalue weighted by atomic mass is 9.94. The number of hydrogen-bond donors (Lipinski definition) is 1. The Balaban J connectivity index is 2.04. The molecule has 2 aromatic rings. The number of amides is 1. The minimum Gasteiger partial charge on any atom is -0.352 e. The molecule has 1 aliphatic rings. The molecule has 3 heterocycles. The largest absolute Gasteiger partial charge is 0.352 e. The quantitative estimate of drug-likeness (QED) is 0.722. The number of nitrogens with zero attached hydrogens (tertiary/aromatic N) is 3. The summed E-state index contributed by atoms with van der Waals surface area (Å²) in [6, 6.07) is -0.00713. The zero-order valence-electron chi connectivity index (χ0n) is 18.1. The average molecular weight is 455 g/mol. The highest BCUT2D eigenvalue weighted by molar-refractivity contribution is 7.89. The van der Waals surface area contributed by atoms with Gasteiger partial charge in [-0.25, -0.2) is 13.4 Å². The number of aryl methyl sites for hydroxylation is 1. The first-order valence-corrected chi connectivity index (χ1v) is 12.6. The fraction of sp³-hybridized carbons (Fsp3) is 0.650. The SMILES string of the molecule is CC[C@H](C)NC(=O)Cn1cnc2sc(C)c(S(=O)(=O)N3C[C@@H](C)C[C@H](C)C3)c2c1=O. The van der Waals surface area contributed by atoms with Gasteiger partial charge >= 0.3 is 0 Å². The second kappa shape index (κ2) is 8.76. The Morgan fingerprint density at radius 2 is 1.97 bits per heavy atom. The molecule has 3 rings (SSSR count). The lowest BCUT2D eigenvalue weighted by molar-refractivity contribution is -0.122. The van der Waals surface area contributed by atoms with E-state index in [1.165, 1.54) is 26.5 Å². The highest BCUT2D eigenvalue weighted by Gasteiger charge is 2.35. The van der Waals surface area contributed by atoms with Gasteiger partial charge < -0.3 is 5.32 Å². The minimum absolute atomic E-state index is 0.00713. The Bertz CT molecular complexity index is 1100. The van der Waals surface area contributed by atoms with Crippen LogP contribution in [-0.2, 0) is 21.4 Å². The monoisotopic (exact) mass is 454 g/mol. The number of piperidine rings is 1. The summed E-state index contributed by atoms with van der Waals surface area (Å²) in [4.78, 5) is 30.7. The lowest BCUT2D eigenvalue weighted by Crippen LogP contribution is -2.43. The summed E-state index contributed by atoms with van der Waals surface area (Å²) in [6.07, 6.45) is 3.07. The first-order valence-electron chi connectivity index (χ1n) is 10.3. The van der Waals surface area contributed by atoms with Gasteiger partial charge in [-0.2, -0.15) is 4.31 Å². The van der Waals surface area contributed by atoms with Crippen LogP contribution >= 0.6 is 11.3 Å². The second-order valence-electron chi connectivity index (χ2n) is 8.49. The van der Waals surface area contributed by atoms with Gasteiger partial charge in [-0.3, -0.25) is 14.2 Å². The van der Waals surface area contributed by atoms with Crippen LogP contribution in [-0.4, -0.2) is 47.3 Å². The molecule has 3 atom stereocenters. The first kappa shape index (κ1) is 22.9. The van der Waals surface area contributed by atoms with E-state index in [9.17, 15) is 18.0 Å².